The number of anilines is 2. The van der Waals surface area contributed by atoms with E-state index in [2.05, 4.69) is 10.6 Å². The maximum absolute atomic E-state index is 11.7. The molecule has 0 fully saturated rings. The standard InChI is InChI=1S/C12H20N4O3S/c1-12(2,11(17)15-3)7-16-8-5-4-6-9(10(8)13)20(14,18)19/h4-6,16H,7,13H2,1-3H3,(H,15,17)(H2,14,18,19). The number of carbonyl (C=O) groups excluding carboxylic acids is 1. The number of rotatable bonds is 5. The number of nitrogens with one attached hydrogen (secondary N) is 2. The quantitative estimate of drug-likeness (QED) is 0.573. The SMILES string of the molecule is CNC(=O)C(C)(C)CNc1cccc(S(N)(=O)=O)c1N. The first-order valence-corrected chi connectivity index (χ1v) is 7.51. The Labute approximate surface area is 118 Å². The lowest BCUT2D eigenvalue weighted by Crippen LogP contribution is -2.39. The number of hydrogen-bond acceptors (Lipinski definition) is 5. The van der Waals surface area contributed by atoms with E-state index in [0.29, 0.717) is 12.2 Å². The summed E-state index contributed by atoms with van der Waals surface area (Å²) in [6, 6.07) is 4.50. The van der Waals surface area contributed by atoms with Gasteiger partial charge in [-0.3, -0.25) is 4.79 Å². The minimum absolute atomic E-state index is 0.0442. The number of nitrogen functional groups attached to an aromatic ring is 1. The van der Waals surface area contributed by atoms with Gasteiger partial charge in [0.1, 0.15) is 4.90 Å². The van der Waals surface area contributed by atoms with Gasteiger partial charge in [-0.05, 0) is 26.0 Å². The van der Waals surface area contributed by atoms with Crippen LogP contribution in [0.15, 0.2) is 23.1 Å². The van der Waals surface area contributed by atoms with Crippen LogP contribution in [-0.4, -0.2) is 27.9 Å². The number of para-hydroxylation sites is 1. The number of sulfonamides is 1. The molecule has 1 amide bonds. The number of nitrogens with two attached hydrogens (primary N) is 2. The lowest BCUT2D eigenvalue weighted by atomic mass is 9.92. The summed E-state index contributed by atoms with van der Waals surface area (Å²) in [5.74, 6) is -0.133. The van der Waals surface area contributed by atoms with Crippen LogP contribution >= 0.6 is 0 Å². The first-order chi connectivity index (χ1) is 9.09. The third-order valence-corrected chi connectivity index (χ3v) is 3.90. The third-order valence-electron chi connectivity index (χ3n) is 2.94. The normalized spacial score (nSPS) is 12.0. The molecule has 6 N–H and O–H groups in total. The fourth-order valence-electron chi connectivity index (χ4n) is 1.68. The molecule has 0 saturated carbocycles. The van der Waals surface area contributed by atoms with Crippen LogP contribution in [0.4, 0.5) is 11.4 Å². The van der Waals surface area contributed by atoms with Crippen molar-refractivity contribution >= 4 is 27.3 Å². The number of hydrogen-bond donors (Lipinski definition) is 4. The highest BCUT2D eigenvalue weighted by atomic mass is 32.2. The summed E-state index contributed by atoms with van der Waals surface area (Å²) >= 11 is 0. The number of benzene rings is 1. The molecular formula is C12H20N4O3S. The summed E-state index contributed by atoms with van der Waals surface area (Å²) in [5.41, 5.74) is 5.59. The third kappa shape index (κ3) is 3.61. The van der Waals surface area contributed by atoms with Gasteiger partial charge in [-0.25, -0.2) is 13.6 Å². The van der Waals surface area contributed by atoms with Crippen molar-refractivity contribution in [2.24, 2.45) is 10.6 Å². The van der Waals surface area contributed by atoms with Crippen molar-refractivity contribution in [1.82, 2.24) is 5.32 Å². The molecule has 0 aliphatic carbocycles. The largest absolute Gasteiger partial charge is 0.396 e. The molecule has 1 rings (SSSR count). The molecule has 0 radical (unpaired) electrons. The van der Waals surface area contributed by atoms with Crippen LogP contribution in [0.5, 0.6) is 0 Å². The van der Waals surface area contributed by atoms with Gasteiger partial charge in [0.25, 0.3) is 0 Å². The van der Waals surface area contributed by atoms with Gasteiger partial charge >= 0.3 is 0 Å². The Hall–Kier alpha value is -1.80. The second-order valence-electron chi connectivity index (χ2n) is 5.08. The summed E-state index contributed by atoms with van der Waals surface area (Å²) in [5, 5.41) is 10.6. The summed E-state index contributed by atoms with van der Waals surface area (Å²) in [6.45, 7) is 3.82. The Morgan fingerprint density at radius 2 is 1.95 bits per heavy atom. The Bertz CT molecular complexity index is 611. The van der Waals surface area contributed by atoms with E-state index < -0.39 is 15.4 Å². The number of primary sulfonamides is 1. The number of amides is 1. The van der Waals surface area contributed by atoms with Crippen LogP contribution < -0.4 is 21.5 Å². The van der Waals surface area contributed by atoms with Crippen molar-refractivity contribution < 1.29 is 13.2 Å². The average molecular weight is 300 g/mol. The van der Waals surface area contributed by atoms with Gasteiger partial charge in [0.05, 0.1) is 16.8 Å². The predicted molar refractivity (Wildman–Crippen MR) is 78.6 cm³/mol. The second-order valence-corrected chi connectivity index (χ2v) is 6.61. The van der Waals surface area contributed by atoms with Crippen molar-refractivity contribution in [3.05, 3.63) is 18.2 Å². The van der Waals surface area contributed by atoms with Gasteiger partial charge in [0.15, 0.2) is 0 Å². The fraction of sp³-hybridized carbons (Fsp3) is 0.417. The van der Waals surface area contributed by atoms with E-state index in [0.717, 1.165) is 0 Å². The first-order valence-electron chi connectivity index (χ1n) is 5.97. The minimum Gasteiger partial charge on any atom is -0.396 e. The Balaban J connectivity index is 2.99. The molecule has 0 saturated heterocycles. The minimum atomic E-state index is -3.88. The van der Waals surface area contributed by atoms with Gasteiger partial charge in [-0.15, -0.1) is 0 Å². The molecule has 112 valence electrons. The van der Waals surface area contributed by atoms with E-state index in [4.69, 9.17) is 10.9 Å². The molecule has 0 aliphatic heterocycles. The highest BCUT2D eigenvalue weighted by molar-refractivity contribution is 7.89. The monoisotopic (exact) mass is 300 g/mol. The van der Waals surface area contributed by atoms with Gasteiger partial charge < -0.3 is 16.4 Å². The van der Waals surface area contributed by atoms with Crippen molar-refractivity contribution in [3.8, 4) is 0 Å². The lowest BCUT2D eigenvalue weighted by molar-refractivity contribution is -0.128. The molecule has 0 atom stereocenters. The predicted octanol–water partition coefficient (Wildman–Crippen LogP) is 0.100. The van der Waals surface area contributed by atoms with E-state index in [9.17, 15) is 13.2 Å². The molecule has 0 unspecified atom stereocenters. The molecule has 1 aromatic rings. The van der Waals surface area contributed by atoms with E-state index in [-0.39, 0.29) is 16.5 Å². The van der Waals surface area contributed by atoms with Crippen LogP contribution in [0.25, 0.3) is 0 Å². The van der Waals surface area contributed by atoms with Crippen molar-refractivity contribution in [2.75, 3.05) is 24.6 Å². The van der Waals surface area contributed by atoms with Crippen LogP contribution in [0, 0.1) is 5.41 Å². The molecule has 8 heteroatoms. The van der Waals surface area contributed by atoms with E-state index in [1.165, 1.54) is 12.1 Å². The molecule has 0 spiro atoms. The van der Waals surface area contributed by atoms with E-state index in [1.54, 1.807) is 27.0 Å². The van der Waals surface area contributed by atoms with E-state index in [1.807, 2.05) is 0 Å². The maximum atomic E-state index is 11.7. The zero-order valence-corrected chi connectivity index (χ0v) is 12.5. The van der Waals surface area contributed by atoms with Gasteiger partial charge in [-0.1, -0.05) is 6.07 Å². The summed E-state index contributed by atoms with van der Waals surface area (Å²) < 4.78 is 22.7. The maximum Gasteiger partial charge on any atom is 0.240 e. The molecule has 0 aliphatic rings. The van der Waals surface area contributed by atoms with Crippen LogP contribution in [0.3, 0.4) is 0 Å². The molecule has 7 nitrogen and oxygen atoms in total. The van der Waals surface area contributed by atoms with Crippen LogP contribution in [0.2, 0.25) is 0 Å². The first kappa shape index (κ1) is 16.3. The highest BCUT2D eigenvalue weighted by Gasteiger charge is 2.26. The Kier molecular flexibility index (Phi) is 4.61. The van der Waals surface area contributed by atoms with Crippen molar-refractivity contribution in [3.63, 3.8) is 0 Å². The molecular weight excluding hydrogens is 280 g/mol. The van der Waals surface area contributed by atoms with Crippen molar-refractivity contribution in [2.45, 2.75) is 18.7 Å². The Morgan fingerprint density at radius 1 is 1.35 bits per heavy atom. The van der Waals surface area contributed by atoms with Gasteiger partial charge in [-0.2, -0.15) is 0 Å². The summed E-state index contributed by atoms with van der Waals surface area (Å²) in [4.78, 5) is 11.5. The van der Waals surface area contributed by atoms with E-state index >= 15 is 0 Å². The zero-order chi connectivity index (χ0) is 15.6. The summed E-state index contributed by atoms with van der Waals surface area (Å²) in [7, 11) is -2.32. The molecule has 0 aromatic heterocycles. The average Bonchev–Trinajstić information content (AvgIpc) is 2.35. The second kappa shape index (κ2) is 5.68. The topological polar surface area (TPSA) is 127 Å². The van der Waals surface area contributed by atoms with Gasteiger partial charge in [0.2, 0.25) is 15.9 Å². The Morgan fingerprint density at radius 3 is 2.45 bits per heavy atom. The molecule has 20 heavy (non-hydrogen) atoms. The molecule has 0 heterocycles. The molecule has 0 bridgehead atoms. The fourth-order valence-corrected chi connectivity index (χ4v) is 2.37. The van der Waals surface area contributed by atoms with Crippen LogP contribution in [0.1, 0.15) is 13.8 Å². The zero-order valence-electron chi connectivity index (χ0n) is 11.7. The molecule has 1 aromatic carbocycles. The number of carbonyl (C=O) groups is 1. The summed E-state index contributed by atoms with van der Waals surface area (Å²) in [6.07, 6.45) is 0. The van der Waals surface area contributed by atoms with Crippen molar-refractivity contribution in [1.29, 1.82) is 0 Å². The highest BCUT2D eigenvalue weighted by Crippen LogP contribution is 2.27. The van der Waals surface area contributed by atoms with Crippen LogP contribution in [-0.2, 0) is 14.8 Å². The lowest BCUT2D eigenvalue weighted by Gasteiger charge is -2.24. The smallest absolute Gasteiger partial charge is 0.240 e. The van der Waals surface area contributed by atoms with Gasteiger partial charge in [0, 0.05) is 13.6 Å².